The van der Waals surface area contributed by atoms with Crippen molar-refractivity contribution in [2.75, 3.05) is 13.6 Å². The van der Waals surface area contributed by atoms with E-state index in [0.29, 0.717) is 0 Å². The minimum atomic E-state index is -4.52. The summed E-state index contributed by atoms with van der Waals surface area (Å²) in [4.78, 5) is 0. The summed E-state index contributed by atoms with van der Waals surface area (Å²) in [6.45, 7) is -0.231. The van der Waals surface area contributed by atoms with Crippen molar-refractivity contribution in [1.29, 1.82) is 5.26 Å². The minimum absolute atomic E-state index is 0.148. The summed E-state index contributed by atoms with van der Waals surface area (Å²) in [5.41, 5.74) is 0. The van der Waals surface area contributed by atoms with Crippen LogP contribution in [0.15, 0.2) is 10.7 Å². The highest BCUT2D eigenvalue weighted by atomic mass is 79.9. The molecular weight excluding hydrogens is 368 g/mol. The zero-order valence-electron chi connectivity index (χ0n) is 10.8. The van der Waals surface area contributed by atoms with Crippen molar-refractivity contribution in [3.8, 4) is 6.07 Å². The molecule has 2 unspecified atom stereocenters. The highest BCUT2D eigenvalue weighted by Gasteiger charge is 2.49. The highest BCUT2D eigenvalue weighted by Crippen LogP contribution is 2.37. The van der Waals surface area contributed by atoms with E-state index in [1.807, 2.05) is 0 Å². The first-order valence-electron chi connectivity index (χ1n) is 5.85. The van der Waals surface area contributed by atoms with Crippen LogP contribution in [-0.2, 0) is 0 Å². The summed E-state index contributed by atoms with van der Waals surface area (Å²) in [6, 6.07) is -0.193. The van der Waals surface area contributed by atoms with Gasteiger partial charge in [-0.2, -0.15) is 31.6 Å². The number of hydrogen-bond acceptors (Lipinski definition) is 3. The van der Waals surface area contributed by atoms with Crippen LogP contribution in [0.25, 0.3) is 0 Å². The average molecular weight is 380 g/mol. The van der Waals surface area contributed by atoms with Gasteiger partial charge >= 0.3 is 12.4 Å². The van der Waals surface area contributed by atoms with E-state index < -0.39 is 37.2 Å². The van der Waals surface area contributed by atoms with Gasteiger partial charge in [0.1, 0.15) is 0 Å². The van der Waals surface area contributed by atoms with Crippen LogP contribution in [-0.4, -0.2) is 42.0 Å². The Morgan fingerprint density at radius 3 is 2.29 bits per heavy atom. The fourth-order valence-corrected chi connectivity index (χ4v) is 2.73. The van der Waals surface area contributed by atoms with Crippen molar-refractivity contribution in [2.45, 2.75) is 31.2 Å². The van der Waals surface area contributed by atoms with Gasteiger partial charge < -0.3 is 5.01 Å². The fraction of sp³-hybridized carbons (Fsp3) is 0.727. The van der Waals surface area contributed by atoms with Crippen molar-refractivity contribution in [2.24, 2.45) is 5.92 Å². The van der Waals surface area contributed by atoms with Crippen LogP contribution in [0.1, 0.15) is 12.8 Å². The standard InChI is InChI=1S/C11H12BrF6N3/c1-20-9(11(16,17)18)8(12)6-21(20)5-7(4-19)2-3-10(13,14)15/h6-7,9H,2-3,5H2,1H3. The van der Waals surface area contributed by atoms with Gasteiger partial charge in [-0.05, 0) is 6.42 Å². The predicted octanol–water partition coefficient (Wildman–Crippen LogP) is 3.80. The molecule has 0 saturated carbocycles. The van der Waals surface area contributed by atoms with Crippen LogP contribution < -0.4 is 0 Å². The fourth-order valence-electron chi connectivity index (χ4n) is 1.94. The Hall–Kier alpha value is -0.950. The molecule has 0 spiro atoms. The maximum atomic E-state index is 12.8. The van der Waals surface area contributed by atoms with Gasteiger partial charge in [0.15, 0.2) is 6.04 Å². The average Bonchev–Trinajstić information content (AvgIpc) is 2.57. The van der Waals surface area contributed by atoms with Crippen LogP contribution in [0, 0.1) is 17.2 Å². The van der Waals surface area contributed by atoms with Crippen LogP contribution in [0.2, 0.25) is 0 Å². The molecule has 1 aliphatic heterocycles. The maximum Gasteiger partial charge on any atom is 0.410 e. The summed E-state index contributed by atoms with van der Waals surface area (Å²) < 4.78 is 74.6. The molecule has 0 saturated heterocycles. The number of nitriles is 1. The Labute approximate surface area is 125 Å². The van der Waals surface area contributed by atoms with Crippen molar-refractivity contribution in [3.63, 3.8) is 0 Å². The lowest BCUT2D eigenvalue weighted by Crippen LogP contribution is -2.47. The number of alkyl halides is 6. The molecule has 0 bridgehead atoms. The van der Waals surface area contributed by atoms with Gasteiger partial charge in [0, 0.05) is 30.7 Å². The lowest BCUT2D eigenvalue weighted by Gasteiger charge is -2.32. The third-order valence-corrected chi connectivity index (χ3v) is 3.63. The molecule has 0 aromatic heterocycles. The summed E-state index contributed by atoms with van der Waals surface area (Å²) in [7, 11) is 1.17. The Kier molecular flexibility index (Phi) is 5.55. The topological polar surface area (TPSA) is 30.3 Å². The molecule has 0 fully saturated rings. The molecule has 0 radical (unpaired) electrons. The number of nitrogens with zero attached hydrogens (tertiary/aromatic N) is 3. The number of likely N-dealkylation sites (N-methyl/N-ethyl adjacent to an activating group) is 1. The summed E-state index contributed by atoms with van der Waals surface area (Å²) in [5, 5.41) is 10.8. The first-order chi connectivity index (χ1) is 9.45. The second kappa shape index (κ2) is 6.44. The van der Waals surface area contributed by atoms with Gasteiger partial charge in [-0.3, -0.25) is 0 Å². The van der Waals surface area contributed by atoms with E-state index in [4.69, 9.17) is 5.26 Å². The zero-order valence-corrected chi connectivity index (χ0v) is 12.4. The highest BCUT2D eigenvalue weighted by molar-refractivity contribution is 9.11. The zero-order chi connectivity index (χ0) is 16.4. The second-order valence-corrected chi connectivity index (χ2v) is 5.55. The lowest BCUT2D eigenvalue weighted by molar-refractivity contribution is -0.187. The van der Waals surface area contributed by atoms with Gasteiger partial charge in [0.05, 0.1) is 12.0 Å². The molecule has 0 aliphatic carbocycles. The van der Waals surface area contributed by atoms with E-state index in [9.17, 15) is 26.3 Å². The Bertz CT molecular complexity index is 439. The van der Waals surface area contributed by atoms with E-state index >= 15 is 0 Å². The van der Waals surface area contributed by atoms with Crippen molar-refractivity contribution < 1.29 is 26.3 Å². The van der Waals surface area contributed by atoms with Crippen molar-refractivity contribution in [1.82, 2.24) is 10.0 Å². The quantitative estimate of drug-likeness (QED) is 0.696. The smallest absolute Gasteiger partial charge is 0.310 e. The molecule has 21 heavy (non-hydrogen) atoms. The largest absolute Gasteiger partial charge is 0.410 e. The van der Waals surface area contributed by atoms with Crippen molar-refractivity contribution >= 4 is 15.9 Å². The molecule has 3 nitrogen and oxygen atoms in total. The predicted molar refractivity (Wildman–Crippen MR) is 65.7 cm³/mol. The Morgan fingerprint density at radius 2 is 1.90 bits per heavy atom. The molecule has 0 aromatic carbocycles. The van der Waals surface area contributed by atoms with E-state index in [2.05, 4.69) is 15.9 Å². The van der Waals surface area contributed by atoms with E-state index in [1.165, 1.54) is 7.05 Å². The monoisotopic (exact) mass is 379 g/mol. The third-order valence-electron chi connectivity index (χ3n) is 2.99. The molecule has 0 amide bonds. The lowest BCUT2D eigenvalue weighted by atomic mass is 10.0. The molecule has 2 atom stereocenters. The first kappa shape index (κ1) is 18.1. The molecule has 120 valence electrons. The van der Waals surface area contributed by atoms with E-state index in [-0.39, 0.29) is 11.0 Å². The second-order valence-electron chi connectivity index (χ2n) is 4.63. The number of halogens is 7. The molecule has 1 heterocycles. The third kappa shape index (κ3) is 5.07. The van der Waals surface area contributed by atoms with Gasteiger partial charge in [-0.25, -0.2) is 5.01 Å². The van der Waals surface area contributed by atoms with Gasteiger partial charge in [-0.15, -0.1) is 0 Å². The molecular formula is C11H12BrF6N3. The van der Waals surface area contributed by atoms with E-state index in [0.717, 1.165) is 16.2 Å². The number of hydrogen-bond donors (Lipinski definition) is 0. The van der Waals surface area contributed by atoms with Crippen LogP contribution in [0.5, 0.6) is 0 Å². The maximum absolute atomic E-state index is 12.8. The first-order valence-corrected chi connectivity index (χ1v) is 6.64. The van der Waals surface area contributed by atoms with Gasteiger partial charge in [0.25, 0.3) is 0 Å². The number of hydrazine groups is 1. The summed E-state index contributed by atoms with van der Waals surface area (Å²) >= 11 is 2.80. The molecule has 0 N–H and O–H groups in total. The minimum Gasteiger partial charge on any atom is -0.310 e. The normalized spacial score (nSPS) is 22.1. The SMILES string of the molecule is CN1C(C(F)(F)F)C(Br)=CN1CC(C#N)CCC(F)(F)F. The molecule has 10 heteroatoms. The van der Waals surface area contributed by atoms with Gasteiger partial charge in [-0.1, -0.05) is 15.9 Å². The molecule has 1 aliphatic rings. The van der Waals surface area contributed by atoms with Crippen LogP contribution in [0.3, 0.4) is 0 Å². The van der Waals surface area contributed by atoms with E-state index in [1.54, 1.807) is 6.07 Å². The molecule has 0 aromatic rings. The van der Waals surface area contributed by atoms with Crippen molar-refractivity contribution in [3.05, 3.63) is 10.7 Å². The Balaban J connectivity index is 2.69. The van der Waals surface area contributed by atoms with Crippen LogP contribution >= 0.6 is 15.9 Å². The van der Waals surface area contributed by atoms with Gasteiger partial charge in [0.2, 0.25) is 0 Å². The summed E-state index contributed by atoms with van der Waals surface area (Å²) in [6.07, 6.45) is -9.37. The number of rotatable bonds is 4. The molecule has 1 rings (SSSR count). The Morgan fingerprint density at radius 1 is 1.33 bits per heavy atom. The summed E-state index contributed by atoms with van der Waals surface area (Å²) in [5.74, 6) is -1.02. The van der Waals surface area contributed by atoms with Crippen LogP contribution in [0.4, 0.5) is 26.3 Å².